The lowest BCUT2D eigenvalue weighted by Gasteiger charge is -2.19. The minimum atomic E-state index is 0.583. The maximum absolute atomic E-state index is 5.41. The van der Waals surface area contributed by atoms with Gasteiger partial charge in [-0.3, -0.25) is 10.4 Å². The Bertz CT molecular complexity index is 223. The Hall–Kier alpha value is -0.810. The summed E-state index contributed by atoms with van der Waals surface area (Å²) in [6, 6.07) is 0. The lowest BCUT2D eigenvalue weighted by atomic mass is 10.2. The van der Waals surface area contributed by atoms with Crippen molar-refractivity contribution in [1.82, 2.24) is 15.6 Å². The fourth-order valence-electron chi connectivity index (χ4n) is 2.11. The van der Waals surface area contributed by atoms with Gasteiger partial charge in [-0.15, -0.1) is 0 Å². The minimum absolute atomic E-state index is 0.583. The molecule has 0 aromatic rings. The van der Waals surface area contributed by atoms with Crippen LogP contribution in [0.3, 0.4) is 0 Å². The van der Waals surface area contributed by atoms with E-state index in [1.54, 1.807) is 0 Å². The van der Waals surface area contributed by atoms with Crippen LogP contribution in [0.1, 0.15) is 33.1 Å². The SMILES string of the molecule is CCCNC(=NCC(C)CN1CCCC1)NN. The summed E-state index contributed by atoms with van der Waals surface area (Å²) >= 11 is 0. The molecule has 1 aliphatic rings. The van der Waals surface area contributed by atoms with Crippen molar-refractivity contribution in [2.45, 2.75) is 33.1 Å². The lowest BCUT2D eigenvalue weighted by molar-refractivity contribution is 0.291. The molecule has 0 amide bonds. The number of hydrazine groups is 1. The molecule has 1 saturated heterocycles. The molecule has 100 valence electrons. The summed E-state index contributed by atoms with van der Waals surface area (Å²) < 4.78 is 0. The second kappa shape index (κ2) is 8.31. The van der Waals surface area contributed by atoms with Crippen molar-refractivity contribution in [2.24, 2.45) is 16.8 Å². The topological polar surface area (TPSA) is 65.7 Å². The van der Waals surface area contributed by atoms with Crippen molar-refractivity contribution in [2.75, 3.05) is 32.7 Å². The van der Waals surface area contributed by atoms with Crippen LogP contribution in [0.5, 0.6) is 0 Å². The second-order valence-corrected chi connectivity index (χ2v) is 4.87. The third kappa shape index (κ3) is 5.89. The van der Waals surface area contributed by atoms with Crippen LogP contribution < -0.4 is 16.6 Å². The molecule has 0 spiro atoms. The first kappa shape index (κ1) is 14.3. The van der Waals surface area contributed by atoms with Crippen LogP contribution in [0, 0.1) is 5.92 Å². The van der Waals surface area contributed by atoms with Crippen molar-refractivity contribution in [1.29, 1.82) is 0 Å². The van der Waals surface area contributed by atoms with Gasteiger partial charge < -0.3 is 10.2 Å². The van der Waals surface area contributed by atoms with Crippen LogP contribution in [0.25, 0.3) is 0 Å². The first-order valence-electron chi connectivity index (χ1n) is 6.73. The molecule has 1 rings (SSSR count). The van der Waals surface area contributed by atoms with Gasteiger partial charge in [-0.1, -0.05) is 13.8 Å². The highest BCUT2D eigenvalue weighted by Gasteiger charge is 2.14. The van der Waals surface area contributed by atoms with Gasteiger partial charge in [-0.05, 0) is 38.3 Å². The highest BCUT2D eigenvalue weighted by molar-refractivity contribution is 5.79. The van der Waals surface area contributed by atoms with E-state index in [2.05, 4.69) is 34.5 Å². The molecule has 0 aliphatic carbocycles. The fourth-order valence-corrected chi connectivity index (χ4v) is 2.11. The van der Waals surface area contributed by atoms with Crippen molar-refractivity contribution in [3.63, 3.8) is 0 Å². The molecule has 5 heteroatoms. The number of hydrogen-bond donors (Lipinski definition) is 3. The Morgan fingerprint density at radius 2 is 2.12 bits per heavy atom. The zero-order valence-corrected chi connectivity index (χ0v) is 11.2. The summed E-state index contributed by atoms with van der Waals surface area (Å²) in [6.45, 7) is 9.76. The number of guanidine groups is 1. The number of nitrogens with two attached hydrogens (primary N) is 1. The zero-order valence-electron chi connectivity index (χ0n) is 11.2. The number of hydrogen-bond acceptors (Lipinski definition) is 3. The quantitative estimate of drug-likeness (QED) is 0.275. The standard InChI is InChI=1S/C12H27N5/c1-3-6-14-12(16-13)15-9-11(2)10-17-7-4-5-8-17/h11H,3-10,13H2,1-2H3,(H2,14,15,16). The summed E-state index contributed by atoms with van der Waals surface area (Å²) in [5.74, 6) is 6.70. The van der Waals surface area contributed by atoms with Gasteiger partial charge in [0.2, 0.25) is 5.96 Å². The Labute approximate surface area is 105 Å². The highest BCUT2D eigenvalue weighted by Crippen LogP contribution is 2.10. The van der Waals surface area contributed by atoms with Gasteiger partial charge >= 0.3 is 0 Å². The van der Waals surface area contributed by atoms with E-state index in [9.17, 15) is 0 Å². The smallest absolute Gasteiger partial charge is 0.205 e. The van der Waals surface area contributed by atoms with Crippen LogP contribution in [0.4, 0.5) is 0 Å². The van der Waals surface area contributed by atoms with Crippen LogP contribution in [0.15, 0.2) is 4.99 Å². The predicted octanol–water partition coefficient (Wildman–Crippen LogP) is 0.537. The van der Waals surface area contributed by atoms with E-state index in [4.69, 9.17) is 5.84 Å². The summed E-state index contributed by atoms with van der Waals surface area (Å²) in [5.41, 5.74) is 2.61. The Morgan fingerprint density at radius 1 is 1.41 bits per heavy atom. The number of nitrogens with one attached hydrogen (secondary N) is 2. The molecule has 1 heterocycles. The van der Waals surface area contributed by atoms with Gasteiger partial charge in [0.05, 0.1) is 0 Å². The van der Waals surface area contributed by atoms with E-state index >= 15 is 0 Å². The largest absolute Gasteiger partial charge is 0.355 e. The first-order valence-corrected chi connectivity index (χ1v) is 6.73. The van der Waals surface area contributed by atoms with Crippen molar-refractivity contribution >= 4 is 5.96 Å². The average molecular weight is 241 g/mol. The maximum atomic E-state index is 5.41. The molecule has 1 fully saturated rings. The molecule has 0 aromatic carbocycles. The highest BCUT2D eigenvalue weighted by atomic mass is 15.3. The Kier molecular flexibility index (Phi) is 6.96. The molecular weight excluding hydrogens is 214 g/mol. The van der Waals surface area contributed by atoms with Gasteiger partial charge in [0.1, 0.15) is 0 Å². The van der Waals surface area contributed by atoms with Crippen LogP contribution >= 0.6 is 0 Å². The molecule has 0 radical (unpaired) electrons. The predicted molar refractivity (Wildman–Crippen MR) is 72.8 cm³/mol. The monoisotopic (exact) mass is 241 g/mol. The second-order valence-electron chi connectivity index (χ2n) is 4.87. The van der Waals surface area contributed by atoms with E-state index in [1.165, 1.54) is 25.9 Å². The fraction of sp³-hybridized carbons (Fsp3) is 0.917. The Morgan fingerprint density at radius 3 is 2.71 bits per heavy atom. The van der Waals surface area contributed by atoms with E-state index in [1.807, 2.05) is 0 Å². The minimum Gasteiger partial charge on any atom is -0.355 e. The number of rotatable bonds is 6. The van der Waals surface area contributed by atoms with Gasteiger partial charge in [0.25, 0.3) is 0 Å². The van der Waals surface area contributed by atoms with Crippen LogP contribution in [-0.2, 0) is 0 Å². The van der Waals surface area contributed by atoms with E-state index in [0.29, 0.717) is 11.9 Å². The van der Waals surface area contributed by atoms with Gasteiger partial charge in [0.15, 0.2) is 0 Å². The molecule has 1 unspecified atom stereocenters. The van der Waals surface area contributed by atoms with E-state index < -0.39 is 0 Å². The van der Waals surface area contributed by atoms with Gasteiger partial charge in [0, 0.05) is 19.6 Å². The number of likely N-dealkylation sites (tertiary alicyclic amines) is 1. The zero-order chi connectivity index (χ0) is 12.5. The average Bonchev–Trinajstić information content (AvgIpc) is 2.82. The molecule has 17 heavy (non-hydrogen) atoms. The number of nitrogens with zero attached hydrogens (tertiary/aromatic N) is 2. The third-order valence-corrected chi connectivity index (χ3v) is 3.01. The summed E-state index contributed by atoms with van der Waals surface area (Å²) in [4.78, 5) is 6.99. The summed E-state index contributed by atoms with van der Waals surface area (Å²) in [6.07, 6.45) is 3.78. The molecular formula is C12H27N5. The van der Waals surface area contributed by atoms with E-state index in [-0.39, 0.29) is 0 Å². The van der Waals surface area contributed by atoms with Gasteiger partial charge in [-0.25, -0.2) is 5.84 Å². The molecule has 1 aliphatic heterocycles. The summed E-state index contributed by atoms with van der Waals surface area (Å²) in [7, 11) is 0. The molecule has 0 aromatic heterocycles. The van der Waals surface area contributed by atoms with Crippen molar-refractivity contribution < 1.29 is 0 Å². The maximum Gasteiger partial charge on any atom is 0.205 e. The lowest BCUT2D eigenvalue weighted by Crippen LogP contribution is -2.42. The number of aliphatic imine (C=N–C) groups is 1. The van der Waals surface area contributed by atoms with Crippen molar-refractivity contribution in [3.8, 4) is 0 Å². The first-order chi connectivity index (χ1) is 8.26. The third-order valence-electron chi connectivity index (χ3n) is 3.01. The molecule has 5 nitrogen and oxygen atoms in total. The Balaban J connectivity index is 2.23. The van der Waals surface area contributed by atoms with Crippen LogP contribution in [-0.4, -0.2) is 43.6 Å². The summed E-state index contributed by atoms with van der Waals surface area (Å²) in [5, 5.41) is 3.17. The molecule has 0 bridgehead atoms. The molecule has 4 N–H and O–H groups in total. The molecule has 1 atom stereocenters. The van der Waals surface area contributed by atoms with Crippen molar-refractivity contribution in [3.05, 3.63) is 0 Å². The van der Waals surface area contributed by atoms with E-state index in [0.717, 1.165) is 26.1 Å². The molecule has 0 saturated carbocycles. The van der Waals surface area contributed by atoms with Crippen LogP contribution in [0.2, 0.25) is 0 Å². The van der Waals surface area contributed by atoms with Gasteiger partial charge in [-0.2, -0.15) is 0 Å². The normalized spacial score (nSPS) is 19.4.